The lowest BCUT2D eigenvalue weighted by Crippen LogP contribution is -2.41. The Hall–Kier alpha value is -1.36. The summed E-state index contributed by atoms with van der Waals surface area (Å²) in [5.41, 5.74) is 0. The van der Waals surface area contributed by atoms with E-state index in [-0.39, 0.29) is 32.7 Å². The van der Waals surface area contributed by atoms with E-state index < -0.39 is 21.2 Å². The number of carbonyl (C=O) groups excluding carboxylic acids is 2. The molecule has 0 N–H and O–H groups in total. The zero-order valence-corrected chi connectivity index (χ0v) is 19.2. The van der Waals surface area contributed by atoms with E-state index in [1.54, 1.807) is 13.0 Å². The minimum Gasteiger partial charge on any atom is -0.479 e. The average Bonchev–Trinajstić information content (AvgIpc) is 3.04. The Morgan fingerprint density at radius 2 is 2.14 bits per heavy atom. The van der Waals surface area contributed by atoms with Crippen molar-refractivity contribution in [3.8, 4) is 0 Å². The summed E-state index contributed by atoms with van der Waals surface area (Å²) in [5, 5.41) is -0.460. The predicted octanol–water partition coefficient (Wildman–Crippen LogP) is 3.25. The van der Waals surface area contributed by atoms with E-state index in [0.29, 0.717) is 26.1 Å². The summed E-state index contributed by atoms with van der Waals surface area (Å²) in [5.74, 6) is -1.37. The molecule has 2 atom stereocenters. The molecular weight excluding hydrogens is 458 g/mol. The quantitative estimate of drug-likeness (QED) is 0.414. The molecule has 1 fully saturated rings. The fourth-order valence-corrected chi connectivity index (χ4v) is 6.45. The Labute approximate surface area is 185 Å². The summed E-state index contributed by atoms with van der Waals surface area (Å²) in [7, 11) is -4.18. The largest absolute Gasteiger partial charge is 0.479 e. The van der Waals surface area contributed by atoms with E-state index in [4.69, 9.17) is 33.3 Å². The van der Waals surface area contributed by atoms with E-state index in [1.807, 2.05) is 0 Å². The number of benzene rings is 1. The molecule has 0 bridgehead atoms. The third kappa shape index (κ3) is 6.31. The second kappa shape index (κ2) is 10.6. The van der Waals surface area contributed by atoms with Crippen LogP contribution in [0.1, 0.15) is 26.7 Å². The van der Waals surface area contributed by atoms with Crippen LogP contribution in [-0.2, 0) is 29.1 Å². The van der Waals surface area contributed by atoms with Crippen LogP contribution in [0.3, 0.4) is 0 Å². The Morgan fingerprint density at radius 3 is 2.69 bits per heavy atom. The first kappa shape index (κ1) is 23.9. The smallest absolute Gasteiger partial charge is 0.309 e. The second-order valence-electron chi connectivity index (χ2n) is 6.30. The van der Waals surface area contributed by atoms with E-state index in [9.17, 15) is 18.0 Å². The highest BCUT2D eigenvalue weighted by Gasteiger charge is 2.35. The number of carbonyl (C=O) groups is 2. The molecule has 160 valence electrons. The number of esters is 1. The number of cyclic esters (lactones) is 1. The summed E-state index contributed by atoms with van der Waals surface area (Å²) in [6.07, 6.45) is 0.840. The topological polar surface area (TPSA) is 90.0 Å². The number of thiocarbonyl (C=S) groups is 1. The predicted molar refractivity (Wildman–Crippen MR) is 115 cm³/mol. The summed E-state index contributed by atoms with van der Waals surface area (Å²) in [6.45, 7) is 3.45. The van der Waals surface area contributed by atoms with Crippen LogP contribution in [0.25, 0.3) is 0 Å². The van der Waals surface area contributed by atoms with Gasteiger partial charge in [0.25, 0.3) is 10.0 Å². The molecule has 1 aromatic carbocycles. The Morgan fingerprint density at radius 1 is 1.45 bits per heavy atom. The van der Waals surface area contributed by atoms with Gasteiger partial charge in [-0.15, -0.1) is 0 Å². The van der Waals surface area contributed by atoms with Crippen LogP contribution in [0.5, 0.6) is 0 Å². The molecule has 7 nitrogen and oxygen atoms in total. The highest BCUT2D eigenvalue weighted by atomic mass is 35.5. The van der Waals surface area contributed by atoms with Crippen molar-refractivity contribution in [3.63, 3.8) is 0 Å². The first-order valence-electron chi connectivity index (χ1n) is 8.94. The van der Waals surface area contributed by atoms with Crippen LogP contribution in [0.15, 0.2) is 29.2 Å². The minimum atomic E-state index is -4.18. The van der Waals surface area contributed by atoms with Gasteiger partial charge in [0, 0.05) is 18.7 Å². The van der Waals surface area contributed by atoms with Gasteiger partial charge in [0.1, 0.15) is 4.90 Å². The minimum absolute atomic E-state index is 0.0205. The van der Waals surface area contributed by atoms with E-state index in [0.717, 1.165) is 16.1 Å². The number of thioether (sulfide) groups is 1. The molecule has 29 heavy (non-hydrogen) atoms. The van der Waals surface area contributed by atoms with Gasteiger partial charge in [0.2, 0.25) is 10.3 Å². The maximum atomic E-state index is 13.1. The summed E-state index contributed by atoms with van der Waals surface area (Å²) < 4.78 is 37.5. The molecule has 11 heteroatoms. The summed E-state index contributed by atoms with van der Waals surface area (Å²) in [4.78, 5) is 24.0. The Balaban J connectivity index is 2.30. The SMILES string of the molecule is CCOC(=S)SC(CC1CCOC1=O)CN(C(C)=O)S(=O)(=O)c1ccccc1Cl. The van der Waals surface area contributed by atoms with Crippen molar-refractivity contribution in [1.29, 1.82) is 0 Å². The van der Waals surface area contributed by atoms with Crippen molar-refractivity contribution in [2.24, 2.45) is 5.92 Å². The van der Waals surface area contributed by atoms with Crippen LogP contribution in [0, 0.1) is 5.92 Å². The van der Waals surface area contributed by atoms with Crippen molar-refractivity contribution in [1.82, 2.24) is 4.31 Å². The molecule has 0 aliphatic carbocycles. The Kier molecular flexibility index (Phi) is 8.74. The molecule has 0 radical (unpaired) electrons. The van der Waals surface area contributed by atoms with Gasteiger partial charge >= 0.3 is 5.97 Å². The second-order valence-corrected chi connectivity index (χ2v) is 10.4. The molecule has 0 spiro atoms. The maximum Gasteiger partial charge on any atom is 0.309 e. The van der Waals surface area contributed by atoms with Gasteiger partial charge in [-0.25, -0.2) is 12.7 Å². The molecular formula is C18H22ClNO6S3. The molecule has 1 aromatic rings. The maximum absolute atomic E-state index is 13.1. The van der Waals surface area contributed by atoms with E-state index >= 15 is 0 Å². The van der Waals surface area contributed by atoms with Crippen molar-refractivity contribution in [2.75, 3.05) is 19.8 Å². The van der Waals surface area contributed by atoms with Gasteiger partial charge < -0.3 is 9.47 Å². The van der Waals surface area contributed by atoms with Crippen LogP contribution >= 0.6 is 35.6 Å². The molecule has 0 saturated carbocycles. The van der Waals surface area contributed by atoms with Crippen molar-refractivity contribution >= 4 is 61.9 Å². The van der Waals surface area contributed by atoms with Crippen LogP contribution < -0.4 is 0 Å². The molecule has 0 aromatic heterocycles. The number of sulfonamides is 1. The molecule has 1 aliphatic rings. The van der Waals surface area contributed by atoms with Gasteiger partial charge in [-0.05, 0) is 44.1 Å². The van der Waals surface area contributed by atoms with Crippen LogP contribution in [-0.4, -0.2) is 54.0 Å². The lowest BCUT2D eigenvalue weighted by atomic mass is 10.0. The zero-order chi connectivity index (χ0) is 21.6. The Bertz CT molecular complexity index is 876. The number of hydrogen-bond donors (Lipinski definition) is 0. The van der Waals surface area contributed by atoms with Crippen LogP contribution in [0.2, 0.25) is 5.02 Å². The fourth-order valence-electron chi connectivity index (χ4n) is 2.87. The first-order chi connectivity index (χ1) is 13.7. The number of amides is 1. The number of nitrogens with zero attached hydrogens (tertiary/aromatic N) is 1. The van der Waals surface area contributed by atoms with Crippen LogP contribution in [0.4, 0.5) is 0 Å². The van der Waals surface area contributed by atoms with Crippen molar-refractivity contribution in [2.45, 2.75) is 36.8 Å². The van der Waals surface area contributed by atoms with Gasteiger partial charge in [-0.3, -0.25) is 9.59 Å². The zero-order valence-electron chi connectivity index (χ0n) is 16.0. The van der Waals surface area contributed by atoms with Gasteiger partial charge in [-0.2, -0.15) is 0 Å². The number of rotatable bonds is 8. The third-order valence-corrected chi connectivity index (χ3v) is 7.97. The fraction of sp³-hybridized carbons (Fsp3) is 0.500. The monoisotopic (exact) mass is 479 g/mol. The highest BCUT2D eigenvalue weighted by molar-refractivity contribution is 8.23. The van der Waals surface area contributed by atoms with Crippen molar-refractivity contribution < 1.29 is 27.5 Å². The van der Waals surface area contributed by atoms with Gasteiger partial charge in [0.15, 0.2) is 0 Å². The molecule has 1 heterocycles. The van der Waals surface area contributed by atoms with Crippen molar-refractivity contribution in [3.05, 3.63) is 29.3 Å². The highest BCUT2D eigenvalue weighted by Crippen LogP contribution is 2.31. The number of hydrogen-bond acceptors (Lipinski definition) is 8. The number of halogens is 1. The standard InChI is InChI=1S/C18H22ClNO6S3/c1-3-25-18(27)28-14(10-13-8-9-26-17(13)22)11-20(12(2)21)29(23,24)16-7-5-4-6-15(16)19/h4-7,13-14H,3,8-11H2,1-2H3. The van der Waals surface area contributed by atoms with Gasteiger partial charge in [0.05, 0.1) is 24.2 Å². The van der Waals surface area contributed by atoms with Gasteiger partial charge in [-0.1, -0.05) is 35.5 Å². The molecule has 1 amide bonds. The molecule has 1 aliphatic heterocycles. The van der Waals surface area contributed by atoms with E-state index in [1.165, 1.54) is 25.1 Å². The normalized spacial score (nSPS) is 17.5. The lowest BCUT2D eigenvalue weighted by molar-refractivity contribution is -0.141. The molecule has 2 unspecified atom stereocenters. The first-order valence-corrected chi connectivity index (χ1v) is 12.0. The number of ether oxygens (including phenoxy) is 2. The van der Waals surface area contributed by atoms with E-state index in [2.05, 4.69) is 0 Å². The average molecular weight is 480 g/mol. The summed E-state index contributed by atoms with van der Waals surface area (Å²) >= 11 is 12.4. The molecule has 2 rings (SSSR count). The lowest BCUT2D eigenvalue weighted by Gasteiger charge is -2.27. The summed E-state index contributed by atoms with van der Waals surface area (Å²) in [6, 6.07) is 5.92. The molecule has 1 saturated heterocycles. The third-order valence-electron chi connectivity index (χ3n) is 4.24.